The number of rotatable bonds is 5. The van der Waals surface area contributed by atoms with E-state index in [0.29, 0.717) is 5.33 Å². The number of alkyl halides is 5. The fraction of sp³-hybridized carbons (Fsp3) is 0.364. The Morgan fingerprint density at radius 1 is 1.28 bits per heavy atom. The van der Waals surface area contributed by atoms with Gasteiger partial charge in [0, 0.05) is 10.9 Å². The van der Waals surface area contributed by atoms with Gasteiger partial charge in [-0.3, -0.25) is 4.79 Å². The lowest BCUT2D eigenvalue weighted by Gasteiger charge is -2.15. The van der Waals surface area contributed by atoms with Gasteiger partial charge in [0.2, 0.25) is 0 Å². The van der Waals surface area contributed by atoms with Crippen LogP contribution in [0.3, 0.4) is 0 Å². The predicted octanol–water partition coefficient (Wildman–Crippen LogP) is 3.21. The van der Waals surface area contributed by atoms with Crippen LogP contribution < -0.4 is 5.32 Å². The second-order valence-electron chi connectivity index (χ2n) is 3.57. The number of hydrogen-bond acceptors (Lipinski definition) is 1. The van der Waals surface area contributed by atoms with Crippen molar-refractivity contribution in [2.24, 2.45) is 0 Å². The van der Waals surface area contributed by atoms with Crippen LogP contribution in [0.4, 0.5) is 17.6 Å². The van der Waals surface area contributed by atoms with Crippen molar-refractivity contribution in [2.75, 3.05) is 6.54 Å². The minimum atomic E-state index is -4.22. The van der Waals surface area contributed by atoms with Crippen molar-refractivity contribution >= 4 is 21.8 Å². The van der Waals surface area contributed by atoms with E-state index in [2.05, 4.69) is 15.9 Å². The number of carbonyl (C=O) groups excluding carboxylic acids is 1. The van der Waals surface area contributed by atoms with E-state index in [0.717, 1.165) is 5.56 Å². The van der Waals surface area contributed by atoms with Crippen molar-refractivity contribution in [3.8, 4) is 0 Å². The number of halogens is 5. The van der Waals surface area contributed by atoms with Crippen molar-refractivity contribution in [3.05, 3.63) is 35.4 Å². The summed E-state index contributed by atoms with van der Waals surface area (Å²) in [4.78, 5) is 11.4. The van der Waals surface area contributed by atoms with E-state index in [9.17, 15) is 22.4 Å². The molecule has 1 amide bonds. The van der Waals surface area contributed by atoms with Crippen molar-refractivity contribution < 1.29 is 22.4 Å². The average Bonchev–Trinajstić information content (AvgIpc) is 2.36. The monoisotopic (exact) mass is 327 g/mol. The highest BCUT2D eigenvalue weighted by Crippen LogP contribution is 2.21. The molecule has 0 fully saturated rings. The zero-order valence-electron chi connectivity index (χ0n) is 9.10. The van der Waals surface area contributed by atoms with Crippen LogP contribution in [0.2, 0.25) is 0 Å². The predicted molar refractivity (Wildman–Crippen MR) is 62.4 cm³/mol. The molecule has 0 aliphatic heterocycles. The van der Waals surface area contributed by atoms with Crippen LogP contribution in [0.5, 0.6) is 0 Å². The molecule has 0 heterocycles. The molecular formula is C11H10BrF4NO. The summed E-state index contributed by atoms with van der Waals surface area (Å²) in [6.45, 7) is -1.39. The summed E-state index contributed by atoms with van der Waals surface area (Å²) in [5, 5.41) is 2.37. The highest BCUT2D eigenvalue weighted by molar-refractivity contribution is 9.08. The molecule has 0 saturated carbocycles. The first-order valence-corrected chi connectivity index (χ1v) is 6.08. The molecule has 0 aliphatic rings. The van der Waals surface area contributed by atoms with Crippen LogP contribution in [0.25, 0.3) is 0 Å². The number of nitrogens with one attached hydrogen (secondary N) is 1. The van der Waals surface area contributed by atoms with Gasteiger partial charge in [0.05, 0.1) is 6.54 Å². The van der Waals surface area contributed by atoms with E-state index >= 15 is 0 Å². The average molecular weight is 328 g/mol. The number of benzene rings is 1. The summed E-state index contributed by atoms with van der Waals surface area (Å²) in [7, 11) is 0. The van der Waals surface area contributed by atoms with Crippen molar-refractivity contribution in [3.63, 3.8) is 0 Å². The Labute approximate surface area is 109 Å². The summed E-state index contributed by atoms with van der Waals surface area (Å²) in [6, 6.07) is 6.14. The lowest BCUT2D eigenvalue weighted by atomic mass is 10.1. The molecule has 0 aromatic heterocycles. The maximum Gasteiger partial charge on any atom is 0.324 e. The van der Waals surface area contributed by atoms with Gasteiger partial charge in [-0.25, -0.2) is 8.78 Å². The Kier molecular flexibility index (Phi) is 5.13. The van der Waals surface area contributed by atoms with Gasteiger partial charge >= 0.3 is 12.3 Å². The molecule has 0 atom stereocenters. The Morgan fingerprint density at radius 2 is 1.83 bits per heavy atom. The molecule has 0 bridgehead atoms. The zero-order chi connectivity index (χ0) is 13.8. The first kappa shape index (κ1) is 14.9. The number of hydrogen-bond donors (Lipinski definition) is 1. The Morgan fingerprint density at radius 3 is 2.28 bits per heavy atom. The Hall–Kier alpha value is -1.11. The largest absolute Gasteiger partial charge is 0.346 e. The minimum Gasteiger partial charge on any atom is -0.346 e. The van der Waals surface area contributed by atoms with Gasteiger partial charge in [-0.1, -0.05) is 28.1 Å². The van der Waals surface area contributed by atoms with Gasteiger partial charge in [0.15, 0.2) is 0 Å². The standard InChI is InChI=1S/C11H10BrF4NO/c12-5-7-1-3-8(4-2-7)9(18)17-6-11(15,16)10(13)14/h1-4,10H,5-6H2,(H,17,18). The third-order valence-corrected chi connectivity index (χ3v) is 2.82. The van der Waals surface area contributed by atoms with Crippen molar-refractivity contribution in [2.45, 2.75) is 17.7 Å². The van der Waals surface area contributed by atoms with Gasteiger partial charge < -0.3 is 5.32 Å². The van der Waals surface area contributed by atoms with E-state index in [4.69, 9.17) is 0 Å². The first-order chi connectivity index (χ1) is 8.36. The SMILES string of the molecule is O=C(NCC(F)(F)C(F)F)c1ccc(CBr)cc1. The quantitative estimate of drug-likeness (QED) is 0.653. The number of carbonyl (C=O) groups is 1. The van der Waals surface area contributed by atoms with E-state index in [1.165, 1.54) is 12.1 Å². The van der Waals surface area contributed by atoms with E-state index < -0.39 is 24.8 Å². The summed E-state index contributed by atoms with van der Waals surface area (Å²) in [5.74, 6) is -5.03. The summed E-state index contributed by atoms with van der Waals surface area (Å²) in [6.07, 6.45) is -3.80. The van der Waals surface area contributed by atoms with Gasteiger partial charge in [0.25, 0.3) is 5.91 Å². The molecule has 7 heteroatoms. The van der Waals surface area contributed by atoms with Gasteiger partial charge in [0.1, 0.15) is 0 Å². The van der Waals surface area contributed by atoms with Crippen molar-refractivity contribution in [1.29, 1.82) is 0 Å². The molecule has 1 aromatic carbocycles. The number of amides is 1. The second kappa shape index (κ2) is 6.17. The second-order valence-corrected chi connectivity index (χ2v) is 4.14. The molecule has 0 aliphatic carbocycles. The third kappa shape index (κ3) is 3.97. The van der Waals surface area contributed by atoms with Crippen LogP contribution >= 0.6 is 15.9 Å². The topological polar surface area (TPSA) is 29.1 Å². The third-order valence-electron chi connectivity index (χ3n) is 2.17. The van der Waals surface area contributed by atoms with Crippen LogP contribution in [0.15, 0.2) is 24.3 Å². The van der Waals surface area contributed by atoms with Gasteiger partial charge in [-0.2, -0.15) is 8.78 Å². The summed E-state index contributed by atoms with van der Waals surface area (Å²) >= 11 is 3.21. The van der Waals surface area contributed by atoms with Gasteiger partial charge in [-0.15, -0.1) is 0 Å². The Bertz CT molecular complexity index is 408. The van der Waals surface area contributed by atoms with Crippen LogP contribution in [0.1, 0.15) is 15.9 Å². The van der Waals surface area contributed by atoms with Crippen LogP contribution in [0, 0.1) is 0 Å². The molecule has 0 saturated heterocycles. The molecule has 0 spiro atoms. The molecule has 1 N–H and O–H groups in total. The molecule has 1 aromatic rings. The molecule has 0 unspecified atom stereocenters. The molecular weight excluding hydrogens is 318 g/mol. The lowest BCUT2D eigenvalue weighted by Crippen LogP contribution is -2.41. The zero-order valence-corrected chi connectivity index (χ0v) is 10.7. The summed E-state index contributed by atoms with van der Waals surface area (Å²) < 4.78 is 48.9. The smallest absolute Gasteiger partial charge is 0.324 e. The highest BCUT2D eigenvalue weighted by Gasteiger charge is 2.40. The molecule has 0 radical (unpaired) electrons. The van der Waals surface area contributed by atoms with E-state index in [-0.39, 0.29) is 5.56 Å². The normalized spacial score (nSPS) is 11.7. The fourth-order valence-electron chi connectivity index (χ4n) is 1.12. The van der Waals surface area contributed by atoms with Gasteiger partial charge in [-0.05, 0) is 17.7 Å². The minimum absolute atomic E-state index is 0.143. The molecule has 1 rings (SSSR count). The Balaban J connectivity index is 2.60. The molecule has 100 valence electrons. The van der Waals surface area contributed by atoms with Crippen LogP contribution in [-0.4, -0.2) is 24.8 Å². The molecule has 2 nitrogen and oxygen atoms in total. The van der Waals surface area contributed by atoms with E-state index in [1.807, 2.05) is 0 Å². The summed E-state index contributed by atoms with van der Waals surface area (Å²) in [5.41, 5.74) is 1.05. The highest BCUT2D eigenvalue weighted by atomic mass is 79.9. The first-order valence-electron chi connectivity index (χ1n) is 4.96. The van der Waals surface area contributed by atoms with E-state index in [1.54, 1.807) is 17.4 Å². The molecule has 18 heavy (non-hydrogen) atoms. The van der Waals surface area contributed by atoms with Crippen LogP contribution in [-0.2, 0) is 5.33 Å². The fourth-order valence-corrected chi connectivity index (χ4v) is 1.50. The lowest BCUT2D eigenvalue weighted by molar-refractivity contribution is -0.123. The van der Waals surface area contributed by atoms with Crippen molar-refractivity contribution in [1.82, 2.24) is 5.32 Å². The maximum absolute atomic E-state index is 12.6. The maximum atomic E-state index is 12.6.